The minimum absolute atomic E-state index is 0.240. The van der Waals surface area contributed by atoms with E-state index in [9.17, 15) is 8.42 Å². The Morgan fingerprint density at radius 3 is 2.33 bits per heavy atom. The van der Waals surface area contributed by atoms with Crippen LogP contribution in [0, 0.1) is 0 Å². The van der Waals surface area contributed by atoms with Crippen LogP contribution in [0.5, 0.6) is 0 Å². The second-order valence-corrected chi connectivity index (χ2v) is 6.53. The summed E-state index contributed by atoms with van der Waals surface area (Å²) in [5.41, 5.74) is 5.66. The van der Waals surface area contributed by atoms with E-state index in [1.165, 1.54) is 12.1 Å². The molecule has 0 spiro atoms. The summed E-state index contributed by atoms with van der Waals surface area (Å²) < 4.78 is 32.5. The molecule has 0 aliphatic carbocycles. The molecule has 0 aromatic heterocycles. The summed E-state index contributed by atoms with van der Waals surface area (Å²) in [6.07, 6.45) is 1.36. The van der Waals surface area contributed by atoms with Gasteiger partial charge >= 0.3 is 0 Å². The maximum Gasteiger partial charge on any atom is 0.241 e. The molecule has 1 aromatic carbocycles. The van der Waals surface area contributed by atoms with Crippen LogP contribution >= 0.6 is 0 Å². The second-order valence-electron chi connectivity index (χ2n) is 4.85. The van der Waals surface area contributed by atoms with E-state index in [4.69, 9.17) is 10.5 Å². The van der Waals surface area contributed by atoms with E-state index < -0.39 is 15.6 Å². The van der Waals surface area contributed by atoms with E-state index in [1.54, 1.807) is 12.1 Å². The summed E-state index contributed by atoms with van der Waals surface area (Å²) in [5, 5.41) is 0. The Hall–Kier alpha value is -1.11. The topological polar surface area (TPSA) is 81.4 Å². The Labute approximate surface area is 107 Å². The largest absolute Gasteiger partial charge is 0.399 e. The Bertz CT molecular complexity index is 505. The summed E-state index contributed by atoms with van der Waals surface area (Å²) >= 11 is 0. The molecular weight excluding hydrogens is 252 g/mol. The number of nitrogens with two attached hydrogens (primary N) is 1. The summed E-state index contributed by atoms with van der Waals surface area (Å²) in [6, 6.07) is 6.20. The van der Waals surface area contributed by atoms with Crippen molar-refractivity contribution in [3.63, 3.8) is 0 Å². The summed E-state index contributed by atoms with van der Waals surface area (Å²) in [7, 11) is -3.50. The van der Waals surface area contributed by atoms with Crippen molar-refractivity contribution in [2.75, 3.05) is 18.9 Å². The van der Waals surface area contributed by atoms with E-state index in [0.717, 1.165) is 0 Å². The first-order valence-electron chi connectivity index (χ1n) is 5.89. The van der Waals surface area contributed by atoms with Gasteiger partial charge in [-0.05, 0) is 44.0 Å². The number of hydrogen-bond acceptors (Lipinski definition) is 4. The van der Waals surface area contributed by atoms with Crippen LogP contribution in [0.4, 0.5) is 5.69 Å². The number of hydrogen-bond donors (Lipinski definition) is 2. The highest BCUT2D eigenvalue weighted by Crippen LogP contribution is 2.23. The van der Waals surface area contributed by atoms with Crippen molar-refractivity contribution in [3.8, 4) is 0 Å². The molecule has 0 atom stereocenters. The third-order valence-corrected chi connectivity index (χ3v) is 4.82. The lowest BCUT2D eigenvalue weighted by Crippen LogP contribution is -2.49. The van der Waals surface area contributed by atoms with Crippen molar-refractivity contribution < 1.29 is 13.2 Å². The second kappa shape index (κ2) is 4.87. The highest BCUT2D eigenvalue weighted by molar-refractivity contribution is 7.89. The van der Waals surface area contributed by atoms with Crippen LogP contribution in [0.3, 0.4) is 0 Å². The minimum Gasteiger partial charge on any atom is -0.399 e. The van der Waals surface area contributed by atoms with Gasteiger partial charge in [0.05, 0.1) is 4.90 Å². The molecule has 0 radical (unpaired) electrons. The number of anilines is 1. The molecule has 1 saturated heterocycles. The number of nitrogens with one attached hydrogen (secondary N) is 1. The molecule has 5 nitrogen and oxygen atoms in total. The van der Waals surface area contributed by atoms with Gasteiger partial charge in [0.1, 0.15) is 0 Å². The number of ether oxygens (including phenoxy) is 1. The Balaban J connectivity index is 2.18. The maximum absolute atomic E-state index is 12.2. The normalized spacial score (nSPS) is 19.6. The average Bonchev–Trinajstić information content (AvgIpc) is 2.29. The van der Waals surface area contributed by atoms with Gasteiger partial charge in [-0.25, -0.2) is 13.1 Å². The lowest BCUT2D eigenvalue weighted by molar-refractivity contribution is 0.0537. The van der Waals surface area contributed by atoms with Gasteiger partial charge in [-0.15, -0.1) is 0 Å². The SMILES string of the molecule is CC1(NS(=O)(=O)c2ccc(N)cc2)CCOCC1. The Kier molecular flexibility index (Phi) is 3.61. The van der Waals surface area contributed by atoms with Crippen molar-refractivity contribution in [3.05, 3.63) is 24.3 Å². The van der Waals surface area contributed by atoms with Gasteiger partial charge in [0.25, 0.3) is 0 Å². The first-order chi connectivity index (χ1) is 8.41. The maximum atomic E-state index is 12.2. The first-order valence-corrected chi connectivity index (χ1v) is 7.37. The highest BCUT2D eigenvalue weighted by atomic mass is 32.2. The molecule has 2 rings (SSSR count). The van der Waals surface area contributed by atoms with E-state index in [1.807, 2.05) is 6.92 Å². The van der Waals surface area contributed by atoms with Gasteiger partial charge < -0.3 is 10.5 Å². The predicted molar refractivity (Wildman–Crippen MR) is 69.6 cm³/mol. The fourth-order valence-corrected chi connectivity index (χ4v) is 3.42. The van der Waals surface area contributed by atoms with E-state index in [2.05, 4.69) is 4.72 Å². The molecule has 18 heavy (non-hydrogen) atoms. The van der Waals surface area contributed by atoms with E-state index in [-0.39, 0.29) is 4.90 Å². The van der Waals surface area contributed by atoms with E-state index >= 15 is 0 Å². The Morgan fingerprint density at radius 2 is 1.78 bits per heavy atom. The molecule has 1 heterocycles. The molecule has 3 N–H and O–H groups in total. The predicted octanol–water partition coefficient (Wildman–Crippen LogP) is 1.12. The smallest absolute Gasteiger partial charge is 0.241 e. The van der Waals surface area contributed by atoms with Crippen LogP contribution in [0.2, 0.25) is 0 Å². The van der Waals surface area contributed by atoms with Gasteiger partial charge in [0.2, 0.25) is 10.0 Å². The standard InChI is InChI=1S/C12H18N2O3S/c1-12(6-8-17-9-7-12)14-18(15,16)11-4-2-10(13)3-5-11/h2-5,14H,6-9,13H2,1H3. The van der Waals surface area contributed by atoms with Crippen LogP contribution in [-0.2, 0) is 14.8 Å². The average molecular weight is 270 g/mol. The third kappa shape index (κ3) is 3.01. The molecule has 1 aliphatic rings. The molecule has 0 unspecified atom stereocenters. The zero-order valence-electron chi connectivity index (χ0n) is 10.3. The van der Waals surface area contributed by atoms with Crippen LogP contribution in [-0.4, -0.2) is 27.2 Å². The third-order valence-electron chi connectivity index (χ3n) is 3.17. The van der Waals surface area contributed by atoms with Gasteiger partial charge in [0, 0.05) is 24.4 Å². The van der Waals surface area contributed by atoms with Gasteiger partial charge in [-0.3, -0.25) is 0 Å². The summed E-state index contributed by atoms with van der Waals surface area (Å²) in [6.45, 7) is 3.08. The quantitative estimate of drug-likeness (QED) is 0.806. The summed E-state index contributed by atoms with van der Waals surface area (Å²) in [4.78, 5) is 0.240. The van der Waals surface area contributed by atoms with Crippen molar-refractivity contribution in [1.29, 1.82) is 0 Å². The molecule has 100 valence electrons. The van der Waals surface area contributed by atoms with Crippen molar-refractivity contribution in [2.24, 2.45) is 0 Å². The monoisotopic (exact) mass is 270 g/mol. The van der Waals surface area contributed by atoms with E-state index in [0.29, 0.717) is 31.7 Å². The number of benzene rings is 1. The lowest BCUT2D eigenvalue weighted by atomic mass is 9.94. The van der Waals surface area contributed by atoms with Crippen LogP contribution in [0.1, 0.15) is 19.8 Å². The molecule has 0 bridgehead atoms. The lowest BCUT2D eigenvalue weighted by Gasteiger charge is -2.33. The van der Waals surface area contributed by atoms with Crippen molar-refractivity contribution >= 4 is 15.7 Å². The molecule has 1 aliphatic heterocycles. The summed E-state index contributed by atoms with van der Waals surface area (Å²) in [5.74, 6) is 0. The van der Waals surface area contributed by atoms with Gasteiger partial charge in [0.15, 0.2) is 0 Å². The number of rotatable bonds is 3. The minimum atomic E-state index is -3.50. The zero-order chi connectivity index (χ0) is 13.2. The first kappa shape index (κ1) is 13.3. The number of nitrogen functional groups attached to an aromatic ring is 1. The fraction of sp³-hybridized carbons (Fsp3) is 0.500. The van der Waals surface area contributed by atoms with Crippen LogP contribution in [0.15, 0.2) is 29.2 Å². The highest BCUT2D eigenvalue weighted by Gasteiger charge is 2.32. The molecule has 6 heteroatoms. The van der Waals surface area contributed by atoms with Gasteiger partial charge in [-0.2, -0.15) is 0 Å². The molecule has 1 fully saturated rings. The number of sulfonamides is 1. The molecule has 0 amide bonds. The Morgan fingerprint density at radius 1 is 1.22 bits per heavy atom. The molecule has 1 aromatic rings. The van der Waals surface area contributed by atoms with Crippen LogP contribution in [0.25, 0.3) is 0 Å². The molecular formula is C12H18N2O3S. The fourth-order valence-electron chi connectivity index (χ4n) is 1.95. The van der Waals surface area contributed by atoms with Crippen molar-refractivity contribution in [2.45, 2.75) is 30.2 Å². The molecule has 0 saturated carbocycles. The van der Waals surface area contributed by atoms with Gasteiger partial charge in [-0.1, -0.05) is 0 Å². The van der Waals surface area contributed by atoms with Crippen molar-refractivity contribution in [1.82, 2.24) is 4.72 Å². The van der Waals surface area contributed by atoms with Crippen LogP contribution < -0.4 is 10.5 Å². The zero-order valence-corrected chi connectivity index (χ0v) is 11.2.